The van der Waals surface area contributed by atoms with Crippen molar-refractivity contribution in [3.63, 3.8) is 0 Å². The standard InChI is InChI=1S/C23H23FN4O2S2/c1-15-9-18(13-30-8-7-29-2)31-21(15)12-27-28-22-19-11-17(32-23(19)26-14-25-22)10-16-5-3-4-6-20(16)24/h3-6,9,11-12,14H,7-8,10,13H2,1-2H3,(H,25,26,28)/b27-12+. The molecule has 0 aliphatic rings. The Labute approximate surface area is 193 Å². The van der Waals surface area contributed by atoms with Crippen LogP contribution in [-0.2, 0) is 22.5 Å². The lowest BCUT2D eigenvalue weighted by molar-refractivity contribution is 0.0628. The molecule has 0 aliphatic heterocycles. The number of fused-ring (bicyclic) bond motifs is 1. The monoisotopic (exact) mass is 470 g/mol. The Morgan fingerprint density at radius 2 is 2.00 bits per heavy atom. The molecule has 4 rings (SSSR count). The summed E-state index contributed by atoms with van der Waals surface area (Å²) in [5.41, 5.74) is 4.83. The van der Waals surface area contributed by atoms with Gasteiger partial charge in [0.15, 0.2) is 5.82 Å². The van der Waals surface area contributed by atoms with E-state index in [0.29, 0.717) is 37.6 Å². The number of hydrogen-bond acceptors (Lipinski definition) is 8. The fourth-order valence-corrected chi connectivity index (χ4v) is 5.15. The maximum absolute atomic E-state index is 14.0. The number of hydrogen-bond donors (Lipinski definition) is 1. The van der Waals surface area contributed by atoms with Crippen LogP contribution in [0.3, 0.4) is 0 Å². The molecular weight excluding hydrogens is 447 g/mol. The van der Waals surface area contributed by atoms with Crippen LogP contribution in [0.25, 0.3) is 10.2 Å². The third kappa shape index (κ3) is 5.55. The van der Waals surface area contributed by atoms with E-state index in [-0.39, 0.29) is 5.82 Å². The predicted octanol–water partition coefficient (Wildman–Crippen LogP) is 5.40. The number of halogens is 1. The molecule has 0 fully saturated rings. The van der Waals surface area contributed by atoms with Crippen molar-refractivity contribution < 1.29 is 13.9 Å². The molecule has 1 aromatic carbocycles. The summed E-state index contributed by atoms with van der Waals surface area (Å²) >= 11 is 3.17. The lowest BCUT2D eigenvalue weighted by atomic mass is 10.1. The van der Waals surface area contributed by atoms with Gasteiger partial charge in [0.25, 0.3) is 0 Å². The average Bonchev–Trinajstić information content (AvgIpc) is 3.36. The van der Waals surface area contributed by atoms with Crippen molar-refractivity contribution in [2.24, 2.45) is 5.10 Å². The first kappa shape index (κ1) is 22.5. The van der Waals surface area contributed by atoms with Crippen molar-refractivity contribution in [1.29, 1.82) is 0 Å². The van der Waals surface area contributed by atoms with E-state index in [9.17, 15) is 4.39 Å². The second-order valence-corrected chi connectivity index (χ2v) is 9.38. The highest BCUT2D eigenvalue weighted by Crippen LogP contribution is 2.30. The van der Waals surface area contributed by atoms with Crippen molar-refractivity contribution in [2.75, 3.05) is 25.7 Å². The van der Waals surface area contributed by atoms with E-state index < -0.39 is 0 Å². The van der Waals surface area contributed by atoms with Crippen LogP contribution < -0.4 is 5.43 Å². The Bertz CT molecular complexity index is 1220. The average molecular weight is 471 g/mol. The first-order valence-corrected chi connectivity index (χ1v) is 11.7. The summed E-state index contributed by atoms with van der Waals surface area (Å²) in [6, 6.07) is 10.9. The summed E-state index contributed by atoms with van der Waals surface area (Å²) in [6.45, 7) is 3.76. The number of benzene rings is 1. The number of rotatable bonds is 10. The van der Waals surface area contributed by atoms with Gasteiger partial charge in [-0.25, -0.2) is 14.4 Å². The first-order chi connectivity index (χ1) is 15.6. The van der Waals surface area contributed by atoms with Gasteiger partial charge in [0.2, 0.25) is 0 Å². The van der Waals surface area contributed by atoms with E-state index in [0.717, 1.165) is 30.4 Å². The molecular formula is C23H23FN4O2S2. The highest BCUT2D eigenvalue weighted by atomic mass is 32.1. The third-order valence-electron chi connectivity index (χ3n) is 4.74. The fourth-order valence-electron chi connectivity index (χ4n) is 3.14. The van der Waals surface area contributed by atoms with Crippen molar-refractivity contribution in [2.45, 2.75) is 20.0 Å². The van der Waals surface area contributed by atoms with Gasteiger partial charge in [0, 0.05) is 23.3 Å². The number of anilines is 1. The zero-order valence-electron chi connectivity index (χ0n) is 17.8. The molecule has 0 amide bonds. The van der Waals surface area contributed by atoms with Crippen LogP contribution in [0.4, 0.5) is 10.2 Å². The van der Waals surface area contributed by atoms with Gasteiger partial charge in [0.1, 0.15) is 17.0 Å². The maximum atomic E-state index is 14.0. The van der Waals surface area contributed by atoms with Gasteiger partial charge in [-0.15, -0.1) is 22.7 Å². The molecule has 0 bridgehead atoms. The lowest BCUT2D eigenvalue weighted by Crippen LogP contribution is -2.00. The number of nitrogens with zero attached hydrogens (tertiary/aromatic N) is 3. The minimum atomic E-state index is -0.200. The fraction of sp³-hybridized carbons (Fsp3) is 0.261. The van der Waals surface area contributed by atoms with E-state index in [4.69, 9.17) is 9.47 Å². The zero-order chi connectivity index (χ0) is 22.3. The molecule has 1 N–H and O–H groups in total. The Hall–Kier alpha value is -2.72. The Balaban J connectivity index is 1.44. The van der Waals surface area contributed by atoms with Crippen LogP contribution in [0.2, 0.25) is 0 Å². The minimum Gasteiger partial charge on any atom is -0.382 e. The van der Waals surface area contributed by atoms with Gasteiger partial charge in [-0.3, -0.25) is 5.43 Å². The Morgan fingerprint density at radius 1 is 1.12 bits per heavy atom. The zero-order valence-corrected chi connectivity index (χ0v) is 19.4. The number of ether oxygens (including phenoxy) is 2. The quantitative estimate of drug-likeness (QED) is 0.191. The SMILES string of the molecule is COCCOCc1cc(C)c(/C=N/Nc2ncnc3sc(Cc4ccccc4F)cc23)s1. The summed E-state index contributed by atoms with van der Waals surface area (Å²) in [6.07, 6.45) is 3.81. The molecule has 9 heteroatoms. The molecule has 0 atom stereocenters. The molecule has 6 nitrogen and oxygen atoms in total. The molecule has 0 radical (unpaired) electrons. The number of aromatic nitrogens is 2. The Kier molecular flexibility index (Phi) is 7.54. The number of nitrogens with one attached hydrogen (secondary N) is 1. The second kappa shape index (κ2) is 10.7. The topological polar surface area (TPSA) is 68.6 Å². The van der Waals surface area contributed by atoms with Crippen LogP contribution in [0.15, 0.2) is 47.8 Å². The molecule has 3 aromatic heterocycles. The number of methoxy groups -OCH3 is 1. The van der Waals surface area contributed by atoms with E-state index in [1.165, 1.54) is 23.7 Å². The van der Waals surface area contributed by atoms with Crippen LogP contribution in [0, 0.1) is 12.7 Å². The highest BCUT2D eigenvalue weighted by Gasteiger charge is 2.11. The molecule has 0 saturated carbocycles. The van der Waals surface area contributed by atoms with E-state index >= 15 is 0 Å². The van der Waals surface area contributed by atoms with Gasteiger partial charge in [-0.1, -0.05) is 18.2 Å². The third-order valence-corrected chi connectivity index (χ3v) is 6.93. The number of hydrazone groups is 1. The van der Waals surface area contributed by atoms with Crippen molar-refractivity contribution in [1.82, 2.24) is 9.97 Å². The van der Waals surface area contributed by atoms with Crippen LogP contribution >= 0.6 is 22.7 Å². The van der Waals surface area contributed by atoms with Gasteiger partial charge in [0.05, 0.1) is 36.3 Å². The molecule has 0 saturated heterocycles. The molecule has 32 heavy (non-hydrogen) atoms. The van der Waals surface area contributed by atoms with E-state index in [1.54, 1.807) is 36.8 Å². The molecule has 166 valence electrons. The van der Waals surface area contributed by atoms with Gasteiger partial charge in [-0.05, 0) is 36.2 Å². The van der Waals surface area contributed by atoms with E-state index in [2.05, 4.69) is 26.6 Å². The first-order valence-electron chi connectivity index (χ1n) is 10.1. The smallest absolute Gasteiger partial charge is 0.158 e. The van der Waals surface area contributed by atoms with Gasteiger partial charge in [-0.2, -0.15) is 5.10 Å². The highest BCUT2D eigenvalue weighted by molar-refractivity contribution is 7.18. The van der Waals surface area contributed by atoms with Crippen LogP contribution in [0.5, 0.6) is 0 Å². The van der Waals surface area contributed by atoms with Gasteiger partial charge < -0.3 is 9.47 Å². The second-order valence-electron chi connectivity index (χ2n) is 7.10. The summed E-state index contributed by atoms with van der Waals surface area (Å²) < 4.78 is 24.6. The summed E-state index contributed by atoms with van der Waals surface area (Å²) in [5, 5.41) is 5.25. The lowest BCUT2D eigenvalue weighted by Gasteiger charge is -2.00. The molecule has 0 aliphatic carbocycles. The normalized spacial score (nSPS) is 11.6. The van der Waals surface area contributed by atoms with Crippen LogP contribution in [0.1, 0.15) is 25.8 Å². The van der Waals surface area contributed by atoms with Gasteiger partial charge >= 0.3 is 0 Å². The van der Waals surface area contributed by atoms with Crippen molar-refractivity contribution in [3.05, 3.63) is 74.3 Å². The maximum Gasteiger partial charge on any atom is 0.158 e. The predicted molar refractivity (Wildman–Crippen MR) is 128 cm³/mol. The molecule has 3 heterocycles. The Morgan fingerprint density at radius 3 is 2.84 bits per heavy atom. The molecule has 0 spiro atoms. The minimum absolute atomic E-state index is 0.200. The van der Waals surface area contributed by atoms with Crippen LogP contribution in [-0.4, -0.2) is 36.5 Å². The largest absolute Gasteiger partial charge is 0.382 e. The molecule has 0 unspecified atom stereocenters. The summed E-state index contributed by atoms with van der Waals surface area (Å²) in [5.74, 6) is 0.424. The molecule has 4 aromatic rings. The number of thiophene rings is 2. The summed E-state index contributed by atoms with van der Waals surface area (Å²) in [7, 11) is 1.66. The summed E-state index contributed by atoms with van der Waals surface area (Å²) in [4.78, 5) is 12.7. The van der Waals surface area contributed by atoms with Crippen molar-refractivity contribution in [3.8, 4) is 0 Å². The van der Waals surface area contributed by atoms with Crippen molar-refractivity contribution >= 4 is 44.9 Å². The number of aryl methyl sites for hydroxylation is 1. The van der Waals surface area contributed by atoms with E-state index in [1.807, 2.05) is 19.1 Å².